The Bertz CT molecular complexity index is 2620. The number of aliphatic carboxylic acids is 1. The fourth-order valence-electron chi connectivity index (χ4n) is 5.77. The average Bonchev–Trinajstić information content (AvgIpc) is 3.17. The molecule has 4 aromatic carbocycles. The first-order valence-corrected chi connectivity index (χ1v) is 17.7. The number of rotatable bonds is 8. The van der Waals surface area contributed by atoms with Gasteiger partial charge in [0.1, 0.15) is 34.8 Å². The first kappa shape index (κ1) is 51.4. The number of aryl methyl sites for hydroxylation is 1. The second-order valence-electron chi connectivity index (χ2n) is 13.0. The Balaban J connectivity index is 0.000000316. The molecule has 0 radical (unpaired) electrons. The first-order valence-electron chi connectivity index (χ1n) is 17.3. The molecule has 1 heterocycles. The summed E-state index contributed by atoms with van der Waals surface area (Å²) in [6, 6.07) is 11.7. The van der Waals surface area contributed by atoms with Gasteiger partial charge in [-0.05, 0) is 65.5 Å². The van der Waals surface area contributed by atoms with E-state index in [-0.39, 0.29) is 17.5 Å². The van der Waals surface area contributed by atoms with Gasteiger partial charge in [-0.2, -0.15) is 39.5 Å². The topological polar surface area (TPSA) is 165 Å². The number of nitrogens with one attached hydrogen (secondary N) is 1. The van der Waals surface area contributed by atoms with Gasteiger partial charge in [-0.1, -0.05) is 48.5 Å². The summed E-state index contributed by atoms with van der Waals surface area (Å²) in [5, 5.41) is 18.7. The molecule has 3 N–H and O–H groups in total. The Kier molecular flexibility index (Phi) is 16.1. The number of halogens is 13. The molecule has 342 valence electrons. The summed E-state index contributed by atoms with van der Waals surface area (Å²) in [5.74, 6) is -7.77. The number of carbonyl (C=O) groups excluding carboxylic acids is 2. The molecule has 64 heavy (non-hydrogen) atoms. The van der Waals surface area contributed by atoms with Crippen LogP contribution in [0.15, 0.2) is 88.5 Å². The Morgan fingerprint density at radius 1 is 0.656 bits per heavy atom. The molecule has 1 amide bonds. The predicted octanol–water partition coefficient (Wildman–Crippen LogP) is 8.41. The smallest absolute Gasteiger partial charge is 0.432 e. The SMILES string of the molecule is Cc1cccc(F)c1C(=O)NC(Cc1ccc(-c2c(C(F)(F)F)n(C)c(=O)n(C)c2=O)cc1)C(=O)O.O=C(Cl)c1c(F)cccc1C(F)(F)F.O=C(O)c1c(F)cccc1C(F)(F)F. The van der Waals surface area contributed by atoms with Crippen molar-refractivity contribution in [2.24, 2.45) is 14.1 Å². The number of carboxylic acid groups (broad SMARTS) is 2. The predicted molar refractivity (Wildman–Crippen MR) is 201 cm³/mol. The zero-order valence-electron chi connectivity index (χ0n) is 32.4. The fourth-order valence-corrected chi connectivity index (χ4v) is 5.96. The van der Waals surface area contributed by atoms with Crippen LogP contribution >= 0.6 is 11.6 Å². The highest BCUT2D eigenvalue weighted by molar-refractivity contribution is 6.68. The van der Waals surface area contributed by atoms with Crippen molar-refractivity contribution in [1.29, 1.82) is 0 Å². The van der Waals surface area contributed by atoms with E-state index in [1.54, 1.807) is 0 Å². The maximum atomic E-state index is 14.1. The van der Waals surface area contributed by atoms with E-state index in [1.807, 2.05) is 0 Å². The van der Waals surface area contributed by atoms with Gasteiger partial charge in [0.05, 0.1) is 27.8 Å². The second kappa shape index (κ2) is 20.1. The summed E-state index contributed by atoms with van der Waals surface area (Å²) < 4.78 is 155. The number of aromatic nitrogens is 2. The van der Waals surface area contributed by atoms with E-state index >= 15 is 0 Å². The van der Waals surface area contributed by atoms with Crippen LogP contribution in [-0.2, 0) is 43.8 Å². The Morgan fingerprint density at radius 3 is 1.50 bits per heavy atom. The quantitative estimate of drug-likeness (QED) is 0.103. The summed E-state index contributed by atoms with van der Waals surface area (Å²) in [7, 11) is 1.96. The third-order valence-electron chi connectivity index (χ3n) is 8.72. The molecule has 5 aromatic rings. The van der Waals surface area contributed by atoms with Crippen LogP contribution in [0.4, 0.5) is 52.7 Å². The third kappa shape index (κ3) is 12.2. The molecule has 11 nitrogen and oxygen atoms in total. The molecule has 0 fully saturated rings. The third-order valence-corrected chi connectivity index (χ3v) is 8.91. The van der Waals surface area contributed by atoms with Gasteiger partial charge in [0.15, 0.2) is 0 Å². The lowest BCUT2D eigenvalue weighted by Gasteiger charge is -2.18. The van der Waals surface area contributed by atoms with E-state index in [2.05, 4.69) is 5.32 Å². The molecule has 1 aromatic heterocycles. The largest absolute Gasteiger partial charge is 0.480 e. The highest BCUT2D eigenvalue weighted by Crippen LogP contribution is 2.36. The summed E-state index contributed by atoms with van der Waals surface area (Å²) in [4.78, 5) is 69.7. The van der Waals surface area contributed by atoms with Crippen LogP contribution in [0.25, 0.3) is 11.1 Å². The van der Waals surface area contributed by atoms with Crippen molar-refractivity contribution >= 4 is 34.7 Å². The highest BCUT2D eigenvalue weighted by Gasteiger charge is 2.40. The first-order chi connectivity index (χ1) is 29.4. The van der Waals surface area contributed by atoms with Gasteiger partial charge in [0.25, 0.3) is 16.7 Å². The van der Waals surface area contributed by atoms with Gasteiger partial charge in [-0.25, -0.2) is 27.6 Å². The minimum Gasteiger partial charge on any atom is -0.480 e. The molecule has 5 rings (SSSR count). The molecule has 0 saturated heterocycles. The molecule has 0 bridgehead atoms. The van der Waals surface area contributed by atoms with Crippen molar-refractivity contribution in [3.05, 3.63) is 162 Å². The Morgan fingerprint density at radius 2 is 1.11 bits per heavy atom. The molecule has 0 aliphatic carbocycles. The number of alkyl halides is 9. The minimum atomic E-state index is -5.00. The van der Waals surface area contributed by atoms with E-state index in [9.17, 15) is 86.6 Å². The number of amides is 1. The van der Waals surface area contributed by atoms with Crippen LogP contribution < -0.4 is 16.6 Å². The molecule has 0 saturated carbocycles. The summed E-state index contributed by atoms with van der Waals surface area (Å²) in [5.41, 5.74) is -9.59. The van der Waals surface area contributed by atoms with E-state index in [1.165, 1.54) is 43.3 Å². The molecular formula is C40H28ClF12N3O8. The zero-order chi connectivity index (χ0) is 48.8. The number of nitrogens with zero attached hydrogens (tertiary/aromatic N) is 2. The standard InChI is InChI=1S/C24H21F4N3O5.C8H3ClF4O.C8H4F4O2/c1-12-5-4-6-15(25)17(12)20(32)29-16(22(34)35)11-13-7-9-14(10-8-13)18-19(24(26,27)28)30(2)23(36)31(3)21(18)33;9-7(14)6-4(8(11,12)13)2-1-3-5(6)10;9-5-3-1-2-4(8(10,11)12)6(5)7(13)14/h4-10,16H,11H2,1-3H3,(H,29,32)(H,34,35);1-3H;1-3H,(H,13,14). The average molecular weight is 942 g/mol. The molecule has 0 aliphatic rings. The number of aromatic carboxylic acids is 1. The van der Waals surface area contributed by atoms with Gasteiger partial charge in [-0.3, -0.25) is 23.5 Å². The van der Waals surface area contributed by atoms with Gasteiger partial charge in [0, 0.05) is 20.5 Å². The number of hydrogen-bond acceptors (Lipinski definition) is 6. The van der Waals surface area contributed by atoms with Crippen molar-refractivity contribution in [1.82, 2.24) is 14.5 Å². The van der Waals surface area contributed by atoms with Crippen LogP contribution in [0.5, 0.6) is 0 Å². The normalized spacial score (nSPS) is 11.9. The number of benzene rings is 4. The molecule has 1 atom stereocenters. The molecule has 0 aliphatic heterocycles. The summed E-state index contributed by atoms with van der Waals surface area (Å²) in [6.07, 6.45) is -14.9. The lowest BCUT2D eigenvalue weighted by molar-refractivity contribution is -0.143. The van der Waals surface area contributed by atoms with Crippen molar-refractivity contribution in [3.8, 4) is 11.1 Å². The lowest BCUT2D eigenvalue weighted by Crippen LogP contribution is -2.42. The monoisotopic (exact) mass is 941 g/mol. The summed E-state index contributed by atoms with van der Waals surface area (Å²) >= 11 is 4.84. The van der Waals surface area contributed by atoms with Crippen molar-refractivity contribution in [2.75, 3.05) is 0 Å². The number of carboxylic acids is 2. The van der Waals surface area contributed by atoms with Gasteiger partial charge in [-0.15, -0.1) is 0 Å². The van der Waals surface area contributed by atoms with E-state index in [0.717, 1.165) is 38.4 Å². The van der Waals surface area contributed by atoms with E-state index in [0.29, 0.717) is 38.5 Å². The van der Waals surface area contributed by atoms with Crippen molar-refractivity contribution in [3.63, 3.8) is 0 Å². The van der Waals surface area contributed by atoms with Gasteiger partial charge in [0.2, 0.25) is 0 Å². The Hall–Kier alpha value is -6.91. The van der Waals surface area contributed by atoms with Crippen LogP contribution in [0.1, 0.15) is 59.0 Å². The van der Waals surface area contributed by atoms with E-state index in [4.69, 9.17) is 16.7 Å². The fraction of sp³-hybridized carbons (Fsp3) is 0.200. The maximum Gasteiger partial charge on any atom is 0.432 e. The van der Waals surface area contributed by atoms with Crippen molar-refractivity contribution < 1.29 is 82.1 Å². The number of hydrogen-bond donors (Lipinski definition) is 3. The summed E-state index contributed by atoms with van der Waals surface area (Å²) in [6.45, 7) is 1.49. The molecule has 0 spiro atoms. The van der Waals surface area contributed by atoms with E-state index < -0.39 is 110 Å². The molecule has 1 unspecified atom stereocenters. The van der Waals surface area contributed by atoms with Crippen LogP contribution in [0, 0.1) is 24.4 Å². The highest BCUT2D eigenvalue weighted by atomic mass is 35.5. The molecular weight excluding hydrogens is 914 g/mol. The van der Waals surface area contributed by atoms with Crippen LogP contribution in [0.3, 0.4) is 0 Å². The second-order valence-corrected chi connectivity index (χ2v) is 13.4. The molecule has 24 heteroatoms. The van der Waals surface area contributed by atoms with Crippen LogP contribution in [-0.4, -0.2) is 48.5 Å². The maximum absolute atomic E-state index is 14.1. The zero-order valence-corrected chi connectivity index (χ0v) is 33.2. The Labute approximate surface area is 355 Å². The van der Waals surface area contributed by atoms with Crippen LogP contribution in [0.2, 0.25) is 0 Å². The van der Waals surface area contributed by atoms with Gasteiger partial charge < -0.3 is 15.5 Å². The van der Waals surface area contributed by atoms with Gasteiger partial charge >= 0.3 is 36.2 Å². The minimum absolute atomic E-state index is 0.139. The van der Waals surface area contributed by atoms with Crippen molar-refractivity contribution in [2.45, 2.75) is 37.9 Å². The lowest BCUT2D eigenvalue weighted by atomic mass is 9.99. The number of carbonyl (C=O) groups is 4.